The molecule has 3 N–H and O–H groups in total. The smallest absolute Gasteiger partial charge is 0.265 e. The molecule has 30 heavy (non-hydrogen) atoms. The fourth-order valence-corrected chi connectivity index (χ4v) is 3.66. The number of H-pyrrole nitrogens is 1. The van der Waals surface area contributed by atoms with Gasteiger partial charge in [-0.25, -0.2) is 0 Å². The quantitative estimate of drug-likeness (QED) is 0.453. The second-order valence-electron chi connectivity index (χ2n) is 6.25. The van der Waals surface area contributed by atoms with Crippen molar-refractivity contribution in [3.8, 4) is 11.8 Å². The lowest BCUT2D eigenvalue weighted by atomic mass is 10.2. The highest BCUT2D eigenvalue weighted by molar-refractivity contribution is 7.20. The minimum absolute atomic E-state index is 0.290. The van der Waals surface area contributed by atoms with Gasteiger partial charge >= 0.3 is 0 Å². The van der Waals surface area contributed by atoms with Gasteiger partial charge in [-0.2, -0.15) is 10.4 Å². The number of hydrogen-bond donors (Lipinski definition) is 3. The highest BCUT2D eigenvalue weighted by atomic mass is 32.1. The second-order valence-corrected chi connectivity index (χ2v) is 7.30. The Balaban J connectivity index is 1.50. The van der Waals surface area contributed by atoms with E-state index < -0.39 is 0 Å². The van der Waals surface area contributed by atoms with E-state index in [4.69, 9.17) is 10.00 Å². The molecule has 8 nitrogen and oxygen atoms in total. The van der Waals surface area contributed by atoms with E-state index in [1.54, 1.807) is 61.7 Å². The van der Waals surface area contributed by atoms with Crippen LogP contribution in [0.4, 0.5) is 11.5 Å². The van der Waals surface area contributed by atoms with Crippen molar-refractivity contribution >= 4 is 44.9 Å². The largest absolute Gasteiger partial charge is 0.497 e. The van der Waals surface area contributed by atoms with E-state index in [2.05, 4.69) is 20.8 Å². The monoisotopic (exact) mass is 417 g/mol. The molecule has 0 aliphatic carbocycles. The molecule has 0 atom stereocenters. The Hall–Kier alpha value is -4.16. The van der Waals surface area contributed by atoms with E-state index in [0.29, 0.717) is 43.5 Å². The van der Waals surface area contributed by atoms with Crippen LogP contribution in [0.2, 0.25) is 0 Å². The summed E-state index contributed by atoms with van der Waals surface area (Å²) in [5.41, 5.74) is 1.56. The Labute approximate surface area is 175 Å². The molecule has 2 heterocycles. The molecule has 2 amide bonds. The van der Waals surface area contributed by atoms with Gasteiger partial charge in [-0.3, -0.25) is 14.7 Å². The first-order valence-electron chi connectivity index (χ1n) is 8.82. The lowest BCUT2D eigenvalue weighted by molar-refractivity contribution is 0.102. The molecule has 2 aromatic carbocycles. The minimum Gasteiger partial charge on any atom is -0.497 e. The van der Waals surface area contributed by atoms with Crippen LogP contribution in [-0.2, 0) is 0 Å². The zero-order valence-corrected chi connectivity index (χ0v) is 16.5. The molecule has 148 valence electrons. The van der Waals surface area contributed by atoms with Crippen molar-refractivity contribution in [2.75, 3.05) is 17.7 Å². The molecule has 0 saturated heterocycles. The van der Waals surface area contributed by atoms with Crippen LogP contribution in [0.15, 0.2) is 54.6 Å². The van der Waals surface area contributed by atoms with Crippen molar-refractivity contribution in [2.24, 2.45) is 0 Å². The standard InChI is InChI=1S/C21H15N5O3S/c1-29-15-8-4-13(5-9-15)19(27)24-18-16-10-17(30-21(16)26-25-18)20(28)23-14-6-2-12(11-22)3-7-14/h2-10H,1H3,(H,23,28)(H2,24,25,26,27). The number of fused-ring (bicyclic) bond motifs is 1. The van der Waals surface area contributed by atoms with Crippen molar-refractivity contribution in [1.29, 1.82) is 5.26 Å². The van der Waals surface area contributed by atoms with Gasteiger partial charge in [0.15, 0.2) is 5.82 Å². The number of benzene rings is 2. The van der Waals surface area contributed by atoms with Gasteiger partial charge in [0.25, 0.3) is 11.8 Å². The van der Waals surface area contributed by atoms with Gasteiger partial charge in [0.1, 0.15) is 10.6 Å². The number of hydrogen-bond acceptors (Lipinski definition) is 6. The fraction of sp³-hybridized carbons (Fsp3) is 0.0476. The summed E-state index contributed by atoms with van der Waals surface area (Å²) in [6.07, 6.45) is 0. The van der Waals surface area contributed by atoms with E-state index >= 15 is 0 Å². The van der Waals surface area contributed by atoms with Crippen LogP contribution in [0, 0.1) is 11.3 Å². The molecule has 0 bridgehead atoms. The predicted molar refractivity (Wildman–Crippen MR) is 114 cm³/mol. The van der Waals surface area contributed by atoms with E-state index in [1.165, 1.54) is 11.3 Å². The van der Waals surface area contributed by atoms with E-state index in [0.717, 1.165) is 0 Å². The highest BCUT2D eigenvalue weighted by Crippen LogP contribution is 2.30. The number of nitrogens with one attached hydrogen (secondary N) is 3. The van der Waals surface area contributed by atoms with Crippen molar-refractivity contribution in [2.45, 2.75) is 0 Å². The van der Waals surface area contributed by atoms with Crippen molar-refractivity contribution < 1.29 is 14.3 Å². The average molecular weight is 417 g/mol. The number of anilines is 2. The Bertz CT molecular complexity index is 1270. The summed E-state index contributed by atoms with van der Waals surface area (Å²) in [4.78, 5) is 26.2. The Kier molecular flexibility index (Phi) is 5.15. The maximum Gasteiger partial charge on any atom is 0.265 e. The van der Waals surface area contributed by atoms with Crippen LogP contribution in [0.5, 0.6) is 5.75 Å². The van der Waals surface area contributed by atoms with Gasteiger partial charge < -0.3 is 15.4 Å². The van der Waals surface area contributed by atoms with Gasteiger partial charge in [0.2, 0.25) is 0 Å². The number of nitrogens with zero attached hydrogens (tertiary/aromatic N) is 2. The van der Waals surface area contributed by atoms with Crippen LogP contribution in [-0.4, -0.2) is 29.1 Å². The predicted octanol–water partition coefficient (Wildman–Crippen LogP) is 4.01. The number of rotatable bonds is 5. The zero-order chi connectivity index (χ0) is 21.1. The van der Waals surface area contributed by atoms with Crippen LogP contribution in [0.25, 0.3) is 10.2 Å². The number of carbonyl (C=O) groups is 2. The number of thiophene rings is 1. The molecule has 2 aromatic heterocycles. The number of aromatic amines is 1. The molecule has 4 rings (SSSR count). The molecule has 0 aliphatic rings. The Morgan fingerprint density at radius 1 is 1.07 bits per heavy atom. The first kappa shape index (κ1) is 19.2. The SMILES string of the molecule is COc1ccc(C(=O)Nc2n[nH]c3sc(C(=O)Nc4ccc(C#N)cc4)cc23)cc1. The molecule has 0 spiro atoms. The molecular formula is C21H15N5O3S. The highest BCUT2D eigenvalue weighted by Gasteiger charge is 2.17. The summed E-state index contributed by atoms with van der Waals surface area (Å²) in [5, 5.41) is 22.0. The van der Waals surface area contributed by atoms with Gasteiger partial charge in [0.05, 0.1) is 29.0 Å². The molecule has 0 aliphatic heterocycles. The summed E-state index contributed by atoms with van der Waals surface area (Å²) in [6, 6.07) is 17.0. The number of aromatic nitrogens is 2. The first-order valence-corrected chi connectivity index (χ1v) is 9.64. The van der Waals surface area contributed by atoms with Crippen molar-refractivity contribution in [3.05, 3.63) is 70.6 Å². The lowest BCUT2D eigenvalue weighted by Gasteiger charge is -2.04. The lowest BCUT2D eigenvalue weighted by Crippen LogP contribution is -2.12. The van der Waals surface area contributed by atoms with Crippen LogP contribution >= 0.6 is 11.3 Å². The topological polar surface area (TPSA) is 120 Å². The zero-order valence-electron chi connectivity index (χ0n) is 15.7. The van der Waals surface area contributed by atoms with Crippen molar-refractivity contribution in [1.82, 2.24) is 10.2 Å². The maximum absolute atomic E-state index is 12.6. The number of ether oxygens (including phenoxy) is 1. The summed E-state index contributed by atoms with van der Waals surface area (Å²) in [6.45, 7) is 0. The van der Waals surface area contributed by atoms with Crippen LogP contribution in [0.1, 0.15) is 25.6 Å². The van der Waals surface area contributed by atoms with Gasteiger partial charge in [-0.05, 0) is 54.6 Å². The van der Waals surface area contributed by atoms with E-state index in [-0.39, 0.29) is 11.8 Å². The normalized spacial score (nSPS) is 10.4. The van der Waals surface area contributed by atoms with Gasteiger partial charge in [0, 0.05) is 11.3 Å². The van der Waals surface area contributed by atoms with Crippen LogP contribution in [0.3, 0.4) is 0 Å². The third-order valence-corrected chi connectivity index (χ3v) is 5.37. The number of methoxy groups -OCH3 is 1. The third-order valence-electron chi connectivity index (χ3n) is 4.34. The number of carbonyl (C=O) groups excluding carboxylic acids is 2. The average Bonchev–Trinajstić information content (AvgIpc) is 3.36. The van der Waals surface area contributed by atoms with Crippen molar-refractivity contribution in [3.63, 3.8) is 0 Å². The summed E-state index contributed by atoms with van der Waals surface area (Å²) in [7, 11) is 1.56. The summed E-state index contributed by atoms with van der Waals surface area (Å²) >= 11 is 1.23. The molecule has 4 aromatic rings. The van der Waals surface area contributed by atoms with Crippen LogP contribution < -0.4 is 15.4 Å². The third kappa shape index (κ3) is 3.85. The van der Waals surface area contributed by atoms with E-state index in [1.807, 2.05) is 6.07 Å². The molecule has 0 unspecified atom stereocenters. The Morgan fingerprint density at radius 3 is 2.47 bits per heavy atom. The number of nitriles is 1. The maximum atomic E-state index is 12.6. The molecule has 0 fully saturated rings. The second kappa shape index (κ2) is 8.06. The summed E-state index contributed by atoms with van der Waals surface area (Å²) < 4.78 is 5.09. The minimum atomic E-state index is -0.319. The molecule has 0 radical (unpaired) electrons. The molecular weight excluding hydrogens is 402 g/mol. The van der Waals surface area contributed by atoms with Gasteiger partial charge in [-0.15, -0.1) is 11.3 Å². The van der Waals surface area contributed by atoms with Gasteiger partial charge in [-0.1, -0.05) is 0 Å². The Morgan fingerprint density at radius 2 is 1.80 bits per heavy atom. The fourth-order valence-electron chi connectivity index (χ4n) is 2.77. The molecule has 9 heteroatoms. The molecule has 0 saturated carbocycles. The van der Waals surface area contributed by atoms with E-state index in [9.17, 15) is 9.59 Å². The summed E-state index contributed by atoms with van der Waals surface area (Å²) in [5.74, 6) is 0.395. The first-order chi connectivity index (χ1) is 14.6. The number of amides is 2.